The van der Waals surface area contributed by atoms with Crippen molar-refractivity contribution in [2.75, 3.05) is 12.9 Å². The number of phenols is 1. The van der Waals surface area contributed by atoms with Crippen LogP contribution in [0, 0.1) is 0 Å². The lowest BCUT2D eigenvalue weighted by Crippen LogP contribution is -2.41. The van der Waals surface area contributed by atoms with Gasteiger partial charge < -0.3 is 19.2 Å². The van der Waals surface area contributed by atoms with Crippen LogP contribution in [0.3, 0.4) is 0 Å². The van der Waals surface area contributed by atoms with Gasteiger partial charge in [-0.05, 0) is 50.9 Å². The average Bonchev–Trinajstić information content (AvgIpc) is 2.66. The zero-order valence-electron chi connectivity index (χ0n) is 13.7. The van der Waals surface area contributed by atoms with Gasteiger partial charge in [0.1, 0.15) is 0 Å². The molecule has 120 valence electrons. The van der Waals surface area contributed by atoms with E-state index < -0.39 is 7.12 Å². The standard InChI is InChI=1S/C16H23BO4S/c1-15(2)16(3,4)21-17(20-15)12(10-22)8-11-6-7-13(18)14(9-11)19-5/h6-9,18,22H,10H2,1-5H3. The Labute approximate surface area is 138 Å². The average molecular weight is 322 g/mol. The summed E-state index contributed by atoms with van der Waals surface area (Å²) in [5.74, 6) is 1.06. The molecule has 0 unspecified atom stereocenters. The molecule has 4 nitrogen and oxygen atoms in total. The topological polar surface area (TPSA) is 47.9 Å². The van der Waals surface area contributed by atoms with Gasteiger partial charge in [0.2, 0.25) is 0 Å². The molecule has 1 aromatic rings. The maximum Gasteiger partial charge on any atom is 0.491 e. The Kier molecular flexibility index (Phi) is 4.85. The first kappa shape index (κ1) is 17.3. The summed E-state index contributed by atoms with van der Waals surface area (Å²) in [5.41, 5.74) is 1.06. The molecule has 1 saturated heterocycles. The van der Waals surface area contributed by atoms with Crippen LogP contribution in [-0.4, -0.2) is 36.3 Å². The van der Waals surface area contributed by atoms with Crippen molar-refractivity contribution in [3.63, 3.8) is 0 Å². The predicted octanol–water partition coefficient (Wildman–Crippen LogP) is 3.35. The highest BCUT2D eigenvalue weighted by molar-refractivity contribution is 7.80. The van der Waals surface area contributed by atoms with Crippen LogP contribution in [0.2, 0.25) is 0 Å². The number of benzene rings is 1. The molecular formula is C16H23BO4S. The Morgan fingerprint density at radius 2 is 1.86 bits per heavy atom. The van der Waals surface area contributed by atoms with E-state index in [1.165, 1.54) is 7.11 Å². The smallest absolute Gasteiger partial charge is 0.491 e. The van der Waals surface area contributed by atoms with Gasteiger partial charge in [0.15, 0.2) is 11.5 Å². The molecule has 0 atom stereocenters. The summed E-state index contributed by atoms with van der Waals surface area (Å²) in [6, 6.07) is 5.18. The lowest BCUT2D eigenvalue weighted by molar-refractivity contribution is 0.00578. The first-order valence-electron chi connectivity index (χ1n) is 7.24. The molecule has 0 radical (unpaired) electrons. The maximum absolute atomic E-state index is 9.66. The van der Waals surface area contributed by atoms with Crippen LogP contribution in [0.15, 0.2) is 23.7 Å². The molecule has 0 saturated carbocycles. The molecule has 1 aliphatic heterocycles. The molecule has 0 amide bonds. The van der Waals surface area contributed by atoms with Crippen LogP contribution in [0.5, 0.6) is 11.5 Å². The number of rotatable bonds is 4. The summed E-state index contributed by atoms with van der Waals surface area (Å²) in [4.78, 5) is 0. The van der Waals surface area contributed by atoms with E-state index in [4.69, 9.17) is 14.0 Å². The van der Waals surface area contributed by atoms with E-state index in [9.17, 15) is 5.11 Å². The Morgan fingerprint density at radius 1 is 1.27 bits per heavy atom. The summed E-state index contributed by atoms with van der Waals surface area (Å²) < 4.78 is 17.2. The number of phenolic OH excluding ortho intramolecular Hbond substituents is 1. The lowest BCUT2D eigenvalue weighted by Gasteiger charge is -2.32. The normalized spacial score (nSPS) is 20.3. The van der Waals surface area contributed by atoms with E-state index in [-0.39, 0.29) is 17.0 Å². The third-order valence-electron chi connectivity index (χ3n) is 4.29. The van der Waals surface area contributed by atoms with E-state index in [0.29, 0.717) is 11.5 Å². The maximum atomic E-state index is 9.66. The highest BCUT2D eigenvalue weighted by Gasteiger charge is 2.52. The summed E-state index contributed by atoms with van der Waals surface area (Å²) in [6.07, 6.45) is 1.96. The minimum absolute atomic E-state index is 0.114. The summed E-state index contributed by atoms with van der Waals surface area (Å²) in [5, 5.41) is 9.66. The SMILES string of the molecule is COc1cc(C=C(CS)B2OC(C)(C)C(C)(C)O2)ccc1O. The van der Waals surface area contributed by atoms with Gasteiger partial charge in [-0.1, -0.05) is 12.1 Å². The minimum atomic E-state index is -0.428. The summed E-state index contributed by atoms with van der Waals surface area (Å²) in [7, 11) is 1.10. The zero-order valence-corrected chi connectivity index (χ0v) is 14.6. The van der Waals surface area contributed by atoms with Gasteiger partial charge >= 0.3 is 7.12 Å². The second-order valence-electron chi connectivity index (χ2n) is 6.40. The summed E-state index contributed by atoms with van der Waals surface area (Å²) >= 11 is 4.39. The van der Waals surface area contributed by atoms with E-state index in [1.807, 2.05) is 39.8 Å². The Hall–Kier alpha value is -1.11. The minimum Gasteiger partial charge on any atom is -0.504 e. The lowest BCUT2D eigenvalue weighted by atomic mass is 9.78. The Morgan fingerprint density at radius 3 is 2.36 bits per heavy atom. The van der Waals surface area contributed by atoms with Crippen LogP contribution in [-0.2, 0) is 9.31 Å². The molecule has 1 aromatic carbocycles. The second-order valence-corrected chi connectivity index (χ2v) is 6.71. The third kappa shape index (κ3) is 3.29. The van der Waals surface area contributed by atoms with Crippen molar-refractivity contribution in [1.29, 1.82) is 0 Å². The van der Waals surface area contributed by atoms with Crippen LogP contribution in [0.1, 0.15) is 33.3 Å². The number of thiol groups is 1. The molecular weight excluding hydrogens is 299 g/mol. The van der Waals surface area contributed by atoms with Crippen molar-refractivity contribution >= 4 is 25.8 Å². The van der Waals surface area contributed by atoms with Crippen molar-refractivity contribution in [2.45, 2.75) is 38.9 Å². The van der Waals surface area contributed by atoms with Gasteiger partial charge in [0.25, 0.3) is 0 Å². The Bertz CT molecular complexity index is 568. The van der Waals surface area contributed by atoms with E-state index in [1.54, 1.807) is 12.1 Å². The fourth-order valence-corrected chi connectivity index (χ4v) is 2.42. The third-order valence-corrected chi connectivity index (χ3v) is 4.66. The van der Waals surface area contributed by atoms with Crippen LogP contribution < -0.4 is 4.74 Å². The van der Waals surface area contributed by atoms with Gasteiger partial charge in [-0.3, -0.25) is 0 Å². The van der Waals surface area contributed by atoms with Gasteiger partial charge in [-0.15, -0.1) is 0 Å². The first-order chi connectivity index (χ1) is 10.2. The van der Waals surface area contributed by atoms with Gasteiger partial charge in [-0.2, -0.15) is 12.6 Å². The molecule has 0 spiro atoms. The van der Waals surface area contributed by atoms with Crippen molar-refractivity contribution in [1.82, 2.24) is 0 Å². The number of aromatic hydroxyl groups is 1. The molecule has 22 heavy (non-hydrogen) atoms. The monoisotopic (exact) mass is 322 g/mol. The van der Waals surface area contributed by atoms with Crippen LogP contribution in [0.4, 0.5) is 0 Å². The van der Waals surface area contributed by atoms with Crippen molar-refractivity contribution in [3.05, 3.63) is 29.2 Å². The van der Waals surface area contributed by atoms with Crippen LogP contribution >= 0.6 is 12.6 Å². The molecule has 0 aromatic heterocycles. The molecule has 1 N–H and O–H groups in total. The number of hydrogen-bond acceptors (Lipinski definition) is 5. The highest BCUT2D eigenvalue weighted by atomic mass is 32.1. The van der Waals surface area contributed by atoms with Crippen LogP contribution in [0.25, 0.3) is 6.08 Å². The van der Waals surface area contributed by atoms with E-state index in [2.05, 4.69) is 12.6 Å². The van der Waals surface area contributed by atoms with E-state index >= 15 is 0 Å². The first-order valence-corrected chi connectivity index (χ1v) is 7.87. The van der Waals surface area contributed by atoms with Gasteiger partial charge in [0, 0.05) is 5.75 Å². The van der Waals surface area contributed by atoms with Gasteiger partial charge in [0.05, 0.1) is 18.3 Å². The molecule has 1 aliphatic rings. The quantitative estimate of drug-likeness (QED) is 0.659. The highest BCUT2D eigenvalue weighted by Crippen LogP contribution is 2.39. The molecule has 0 bridgehead atoms. The van der Waals surface area contributed by atoms with Crippen molar-refractivity contribution in [2.24, 2.45) is 0 Å². The number of methoxy groups -OCH3 is 1. The predicted molar refractivity (Wildman–Crippen MR) is 92.6 cm³/mol. The second kappa shape index (κ2) is 6.18. The number of hydrogen-bond donors (Lipinski definition) is 2. The zero-order chi connectivity index (χ0) is 16.5. The largest absolute Gasteiger partial charge is 0.504 e. The molecule has 1 heterocycles. The fraction of sp³-hybridized carbons (Fsp3) is 0.500. The van der Waals surface area contributed by atoms with Gasteiger partial charge in [-0.25, -0.2) is 0 Å². The molecule has 0 aliphatic carbocycles. The van der Waals surface area contributed by atoms with Crippen molar-refractivity contribution < 1.29 is 19.2 Å². The molecule has 2 rings (SSSR count). The summed E-state index contributed by atoms with van der Waals surface area (Å²) in [6.45, 7) is 8.08. The van der Waals surface area contributed by atoms with Crippen molar-refractivity contribution in [3.8, 4) is 11.5 Å². The number of ether oxygens (including phenoxy) is 1. The Balaban J connectivity index is 2.29. The molecule has 1 fully saturated rings. The fourth-order valence-electron chi connectivity index (χ4n) is 2.18. The molecule has 6 heteroatoms. The van der Waals surface area contributed by atoms with E-state index in [0.717, 1.165) is 11.0 Å².